The van der Waals surface area contributed by atoms with Crippen molar-refractivity contribution < 1.29 is 0 Å². The van der Waals surface area contributed by atoms with Gasteiger partial charge in [0.25, 0.3) is 0 Å². The highest BCUT2D eigenvalue weighted by Gasteiger charge is 2.19. The number of nitrogens with zero attached hydrogens (tertiary/aromatic N) is 1. The summed E-state index contributed by atoms with van der Waals surface area (Å²) in [6.07, 6.45) is 5.82. The van der Waals surface area contributed by atoms with Crippen molar-refractivity contribution in [3.63, 3.8) is 0 Å². The van der Waals surface area contributed by atoms with E-state index in [9.17, 15) is 0 Å². The van der Waals surface area contributed by atoms with Gasteiger partial charge in [-0.05, 0) is 45.1 Å². The standard InChI is InChI=1S/C13H29NSi/c1-6-9-12-15(4,5)13-11-14(8-3)10-7-2/h6,9H,7-8,10-13H2,1-5H3/b9-6+. The second-order valence-corrected chi connectivity index (χ2v) is 10.4. The Balaban J connectivity index is 3.88. The first-order valence-corrected chi connectivity index (χ1v) is 9.80. The minimum absolute atomic E-state index is 0.961. The smallest absolute Gasteiger partial charge is 0.0523 e. The molecular weight excluding hydrogens is 198 g/mol. The molecule has 0 aromatic rings. The molecule has 0 aliphatic heterocycles. The molecule has 0 aromatic carbocycles. The van der Waals surface area contributed by atoms with E-state index in [1.807, 2.05) is 0 Å². The van der Waals surface area contributed by atoms with Crippen LogP contribution in [0.4, 0.5) is 0 Å². The molecule has 0 spiro atoms. The Morgan fingerprint density at radius 3 is 2.27 bits per heavy atom. The van der Waals surface area contributed by atoms with Crippen molar-refractivity contribution in [2.75, 3.05) is 19.6 Å². The van der Waals surface area contributed by atoms with Gasteiger partial charge in [0.1, 0.15) is 0 Å². The van der Waals surface area contributed by atoms with Gasteiger partial charge < -0.3 is 4.90 Å². The van der Waals surface area contributed by atoms with Crippen LogP contribution in [0.2, 0.25) is 25.2 Å². The molecule has 0 heterocycles. The van der Waals surface area contributed by atoms with Gasteiger partial charge in [0.2, 0.25) is 0 Å². The van der Waals surface area contributed by atoms with E-state index in [0.29, 0.717) is 0 Å². The number of hydrogen-bond acceptors (Lipinski definition) is 1. The Labute approximate surface area is 97.6 Å². The van der Waals surface area contributed by atoms with E-state index in [-0.39, 0.29) is 0 Å². The first-order chi connectivity index (χ1) is 7.05. The van der Waals surface area contributed by atoms with E-state index in [1.54, 1.807) is 0 Å². The molecule has 0 rings (SSSR count). The molecule has 0 aliphatic carbocycles. The van der Waals surface area contributed by atoms with Gasteiger partial charge in [0.15, 0.2) is 0 Å². The molecule has 0 aliphatic rings. The molecule has 0 N–H and O–H groups in total. The van der Waals surface area contributed by atoms with Crippen LogP contribution in [0.3, 0.4) is 0 Å². The highest BCUT2D eigenvalue weighted by atomic mass is 28.3. The van der Waals surface area contributed by atoms with Crippen molar-refractivity contribution in [2.24, 2.45) is 0 Å². The third kappa shape index (κ3) is 7.80. The van der Waals surface area contributed by atoms with Gasteiger partial charge in [0.05, 0.1) is 8.07 Å². The van der Waals surface area contributed by atoms with Crippen molar-refractivity contribution >= 4 is 8.07 Å². The zero-order chi connectivity index (χ0) is 11.7. The molecule has 1 nitrogen and oxygen atoms in total. The zero-order valence-electron chi connectivity index (χ0n) is 11.3. The lowest BCUT2D eigenvalue weighted by Crippen LogP contribution is -2.33. The molecular formula is C13H29NSi. The first kappa shape index (κ1) is 14.9. The Morgan fingerprint density at radius 1 is 1.13 bits per heavy atom. The Hall–Kier alpha value is -0.0831. The fraction of sp³-hybridized carbons (Fsp3) is 0.846. The van der Waals surface area contributed by atoms with Crippen molar-refractivity contribution in [3.8, 4) is 0 Å². The van der Waals surface area contributed by atoms with Crippen molar-refractivity contribution in [1.29, 1.82) is 0 Å². The normalized spacial score (nSPS) is 12.9. The van der Waals surface area contributed by atoms with E-state index in [2.05, 4.69) is 50.9 Å². The van der Waals surface area contributed by atoms with Crippen LogP contribution in [0.25, 0.3) is 0 Å². The molecule has 15 heavy (non-hydrogen) atoms. The van der Waals surface area contributed by atoms with E-state index >= 15 is 0 Å². The summed E-state index contributed by atoms with van der Waals surface area (Å²) in [6, 6.07) is 2.78. The molecule has 0 bridgehead atoms. The summed E-state index contributed by atoms with van der Waals surface area (Å²) in [5, 5.41) is 0. The molecule has 0 saturated carbocycles. The van der Waals surface area contributed by atoms with Crippen LogP contribution in [0, 0.1) is 0 Å². The minimum Gasteiger partial charge on any atom is -0.304 e. The van der Waals surface area contributed by atoms with Crippen molar-refractivity contribution in [2.45, 2.75) is 52.4 Å². The second-order valence-electron chi connectivity index (χ2n) is 5.12. The van der Waals surface area contributed by atoms with Crippen molar-refractivity contribution in [3.05, 3.63) is 12.2 Å². The van der Waals surface area contributed by atoms with E-state index in [1.165, 1.54) is 38.1 Å². The van der Waals surface area contributed by atoms with Gasteiger partial charge in [-0.2, -0.15) is 0 Å². The maximum absolute atomic E-state index is 2.59. The summed E-state index contributed by atoms with van der Waals surface area (Å²) in [6.45, 7) is 15.5. The van der Waals surface area contributed by atoms with Gasteiger partial charge in [-0.1, -0.05) is 39.1 Å². The fourth-order valence-electron chi connectivity index (χ4n) is 1.74. The maximum Gasteiger partial charge on any atom is 0.0523 e. The summed E-state index contributed by atoms with van der Waals surface area (Å²) < 4.78 is 0. The lowest BCUT2D eigenvalue weighted by atomic mass is 10.4. The van der Waals surface area contributed by atoms with Crippen LogP contribution in [-0.2, 0) is 0 Å². The summed E-state index contributed by atoms with van der Waals surface area (Å²) in [5.41, 5.74) is 0. The molecule has 0 atom stereocenters. The Bertz CT molecular complexity index is 175. The molecule has 2 heteroatoms. The Morgan fingerprint density at radius 2 is 1.80 bits per heavy atom. The molecule has 0 amide bonds. The monoisotopic (exact) mass is 227 g/mol. The predicted molar refractivity (Wildman–Crippen MR) is 74.3 cm³/mol. The largest absolute Gasteiger partial charge is 0.304 e. The lowest BCUT2D eigenvalue weighted by molar-refractivity contribution is 0.303. The van der Waals surface area contributed by atoms with Crippen LogP contribution >= 0.6 is 0 Å². The highest BCUT2D eigenvalue weighted by molar-refractivity contribution is 6.77. The summed E-state index contributed by atoms with van der Waals surface area (Å²) >= 11 is 0. The van der Waals surface area contributed by atoms with Gasteiger partial charge in [-0.3, -0.25) is 0 Å². The molecule has 0 radical (unpaired) electrons. The van der Waals surface area contributed by atoms with E-state index in [0.717, 1.165) is 0 Å². The average molecular weight is 227 g/mol. The summed E-state index contributed by atoms with van der Waals surface area (Å²) in [5.74, 6) is 0. The summed E-state index contributed by atoms with van der Waals surface area (Å²) in [7, 11) is -0.961. The van der Waals surface area contributed by atoms with Gasteiger partial charge in [-0.25, -0.2) is 0 Å². The topological polar surface area (TPSA) is 3.24 Å². The molecule has 0 unspecified atom stereocenters. The number of allylic oxidation sites excluding steroid dienone is 2. The minimum atomic E-state index is -0.961. The fourth-order valence-corrected chi connectivity index (χ4v) is 3.74. The molecule has 0 aromatic heterocycles. The lowest BCUT2D eigenvalue weighted by Gasteiger charge is -2.26. The van der Waals surface area contributed by atoms with Gasteiger partial charge in [-0.15, -0.1) is 0 Å². The Kier molecular flexibility index (Phi) is 8.07. The van der Waals surface area contributed by atoms with Crippen LogP contribution in [0.15, 0.2) is 12.2 Å². The first-order valence-electron chi connectivity index (χ1n) is 6.39. The predicted octanol–water partition coefficient (Wildman–Crippen LogP) is 4.00. The van der Waals surface area contributed by atoms with Gasteiger partial charge in [0, 0.05) is 0 Å². The van der Waals surface area contributed by atoms with Crippen LogP contribution < -0.4 is 0 Å². The third-order valence-electron chi connectivity index (χ3n) is 3.00. The number of hydrogen-bond donors (Lipinski definition) is 0. The third-order valence-corrected chi connectivity index (χ3v) is 5.92. The maximum atomic E-state index is 2.59. The molecule has 0 fully saturated rings. The van der Waals surface area contributed by atoms with Crippen molar-refractivity contribution in [1.82, 2.24) is 4.90 Å². The van der Waals surface area contributed by atoms with E-state index in [4.69, 9.17) is 0 Å². The van der Waals surface area contributed by atoms with Crippen LogP contribution in [0.5, 0.6) is 0 Å². The average Bonchev–Trinajstić information content (AvgIpc) is 2.21. The quantitative estimate of drug-likeness (QED) is 0.447. The zero-order valence-corrected chi connectivity index (χ0v) is 12.3. The van der Waals surface area contributed by atoms with Crippen LogP contribution in [-0.4, -0.2) is 32.6 Å². The SMILES string of the molecule is C/C=C/C[Si](C)(C)CCN(CC)CCC. The van der Waals surface area contributed by atoms with Crippen LogP contribution in [0.1, 0.15) is 27.2 Å². The highest BCUT2D eigenvalue weighted by Crippen LogP contribution is 2.16. The van der Waals surface area contributed by atoms with E-state index < -0.39 is 8.07 Å². The molecule has 0 saturated heterocycles. The van der Waals surface area contributed by atoms with Gasteiger partial charge >= 0.3 is 0 Å². The second kappa shape index (κ2) is 8.11. The number of rotatable bonds is 8. The molecule has 90 valence electrons. The summed E-state index contributed by atoms with van der Waals surface area (Å²) in [4.78, 5) is 2.59.